The van der Waals surface area contributed by atoms with Crippen LogP contribution in [0.1, 0.15) is 20.7 Å². The van der Waals surface area contributed by atoms with Gasteiger partial charge < -0.3 is 31.9 Å². The number of anilines is 2. The molecule has 0 unspecified atom stereocenters. The molecule has 0 heterocycles. The molecule has 0 aliphatic carbocycles. The van der Waals surface area contributed by atoms with Crippen molar-refractivity contribution in [2.24, 2.45) is 20.5 Å². The Hall–Kier alpha value is -5.54. The second kappa shape index (κ2) is 14.8. The third-order valence-corrected chi connectivity index (χ3v) is 11.8. The van der Waals surface area contributed by atoms with Crippen molar-refractivity contribution in [3.05, 3.63) is 91.1 Å². The Kier molecular flexibility index (Phi) is 10.6. The Balaban J connectivity index is 1.40. The minimum Gasteiger partial charge on any atom is -0.506 e. The highest BCUT2D eigenvalue weighted by atomic mass is 127. The van der Waals surface area contributed by atoms with Crippen LogP contribution in [0.2, 0.25) is 0 Å². The lowest BCUT2D eigenvalue weighted by Gasteiger charge is -2.12. The zero-order chi connectivity index (χ0) is 41.0. The van der Waals surface area contributed by atoms with Crippen molar-refractivity contribution in [2.45, 2.75) is 9.79 Å². The number of hydrogen-bond donors (Lipinski definition) is 8. The molecule has 0 spiro atoms. The van der Waals surface area contributed by atoms with Crippen LogP contribution in [0.4, 0.5) is 34.1 Å². The highest BCUT2D eigenvalue weighted by molar-refractivity contribution is 14.1. The lowest BCUT2D eigenvalue weighted by molar-refractivity contribution is 0.0686. The summed E-state index contributed by atoms with van der Waals surface area (Å²) in [4.78, 5) is 23.4. The molecular weight excluding hydrogens is 1000 g/mol. The predicted octanol–water partition coefficient (Wildman–Crippen LogP) is 8.17. The van der Waals surface area contributed by atoms with Gasteiger partial charge in [0.2, 0.25) is 0 Å². The number of carboxylic acids is 2. The van der Waals surface area contributed by atoms with E-state index >= 15 is 0 Å². The standard InChI is InChI=1S/C34H22I2N6O12S2/c35-19-5-3-15-25(55(49,50)51)11-23(29(37)27(15)31(19)43)41-39-21-7-1-13(9-17(21)33(45)46)14-2-8-22(18(10-14)34(47)48)40-42-24-12-26(56(52,53)54)16-4-6-20(36)32(44)28(16)30(24)38/h1-12,43-44H,37-38H2,(H,45,46)(H,47,48)(H,49,50,51)(H,52,53,54)/b41-39+,42-40+. The molecule has 0 aromatic heterocycles. The van der Waals surface area contributed by atoms with Gasteiger partial charge in [0.15, 0.2) is 0 Å². The molecule has 0 bridgehead atoms. The van der Waals surface area contributed by atoms with Crippen LogP contribution in [0.25, 0.3) is 32.7 Å². The molecule has 0 atom stereocenters. The van der Waals surface area contributed by atoms with E-state index in [1.807, 2.05) is 0 Å². The van der Waals surface area contributed by atoms with Crippen LogP contribution in [0, 0.1) is 7.14 Å². The zero-order valence-corrected chi connectivity index (χ0v) is 33.5. The molecule has 18 nitrogen and oxygen atoms in total. The highest BCUT2D eigenvalue weighted by Crippen LogP contribution is 2.45. The van der Waals surface area contributed by atoms with E-state index in [0.717, 1.165) is 12.1 Å². The molecule has 0 saturated heterocycles. The lowest BCUT2D eigenvalue weighted by Crippen LogP contribution is -2.02. The number of aromatic carboxylic acids is 2. The number of carboxylic acid groups (broad SMARTS) is 2. The van der Waals surface area contributed by atoms with E-state index in [2.05, 4.69) is 20.5 Å². The number of phenols is 2. The first-order valence-corrected chi connectivity index (χ1v) is 20.2. The quantitative estimate of drug-likeness (QED) is 0.0293. The fourth-order valence-corrected chi connectivity index (χ4v) is 7.98. The van der Waals surface area contributed by atoms with Crippen LogP contribution >= 0.6 is 45.2 Å². The number of nitrogen functional groups attached to an aromatic ring is 2. The first kappa shape index (κ1) is 40.1. The third kappa shape index (κ3) is 7.52. The van der Waals surface area contributed by atoms with E-state index in [-0.39, 0.29) is 78.3 Å². The largest absolute Gasteiger partial charge is 0.506 e. The van der Waals surface area contributed by atoms with E-state index in [1.165, 1.54) is 60.7 Å². The van der Waals surface area contributed by atoms with Gasteiger partial charge in [-0.15, -0.1) is 20.5 Å². The highest BCUT2D eigenvalue weighted by Gasteiger charge is 2.24. The van der Waals surface area contributed by atoms with Gasteiger partial charge >= 0.3 is 11.9 Å². The van der Waals surface area contributed by atoms with Crippen LogP contribution in [0.3, 0.4) is 0 Å². The number of nitrogens with two attached hydrogens (primary N) is 2. The van der Waals surface area contributed by atoms with Crippen LogP contribution in [0.15, 0.2) is 103 Å². The van der Waals surface area contributed by atoms with Crippen molar-refractivity contribution < 1.29 is 56.0 Å². The van der Waals surface area contributed by atoms with Gasteiger partial charge in [-0.05, 0) is 105 Å². The molecule has 10 N–H and O–H groups in total. The Morgan fingerprint density at radius 3 is 1.20 bits per heavy atom. The van der Waals surface area contributed by atoms with Gasteiger partial charge in [0, 0.05) is 10.8 Å². The molecule has 0 fully saturated rings. The topological polar surface area (TPSA) is 325 Å². The number of halogens is 2. The summed E-state index contributed by atoms with van der Waals surface area (Å²) in [6.07, 6.45) is 0. The van der Waals surface area contributed by atoms with Crippen molar-refractivity contribution in [3.8, 4) is 22.6 Å². The van der Waals surface area contributed by atoms with Crippen molar-refractivity contribution >= 4 is 133 Å². The van der Waals surface area contributed by atoms with Crippen molar-refractivity contribution in [1.82, 2.24) is 0 Å². The first-order valence-electron chi connectivity index (χ1n) is 15.2. The van der Waals surface area contributed by atoms with E-state index < -0.39 is 53.1 Å². The third-order valence-electron chi connectivity index (χ3n) is 8.29. The van der Waals surface area contributed by atoms with Crippen LogP contribution < -0.4 is 11.5 Å². The number of benzene rings is 6. The summed E-state index contributed by atoms with van der Waals surface area (Å²) in [5.41, 5.74) is 10.5. The van der Waals surface area contributed by atoms with Gasteiger partial charge in [-0.1, -0.05) is 24.3 Å². The summed E-state index contributed by atoms with van der Waals surface area (Å²) in [6.45, 7) is 0. The molecule has 0 aliphatic heterocycles. The van der Waals surface area contributed by atoms with Gasteiger partial charge in [0.1, 0.15) is 44.0 Å². The molecule has 22 heteroatoms. The van der Waals surface area contributed by atoms with Gasteiger partial charge in [0.05, 0.1) is 40.4 Å². The number of rotatable bonds is 9. The normalized spacial score (nSPS) is 12.3. The number of hydrogen-bond acceptors (Lipinski definition) is 14. The smallest absolute Gasteiger partial charge is 0.337 e. The lowest BCUT2D eigenvalue weighted by atomic mass is 9.99. The molecule has 6 rings (SSSR count). The molecule has 6 aromatic carbocycles. The Labute approximate surface area is 342 Å². The minimum absolute atomic E-state index is 0.0927. The van der Waals surface area contributed by atoms with E-state index in [4.69, 9.17) is 11.5 Å². The molecule has 0 radical (unpaired) electrons. The average molecular weight is 1020 g/mol. The van der Waals surface area contributed by atoms with Crippen molar-refractivity contribution in [2.75, 3.05) is 11.5 Å². The molecule has 6 aromatic rings. The molecule has 286 valence electrons. The Morgan fingerprint density at radius 1 is 0.536 bits per heavy atom. The van der Waals surface area contributed by atoms with E-state index in [1.54, 1.807) is 45.2 Å². The molecule has 0 saturated carbocycles. The number of carbonyl (C=O) groups is 2. The number of fused-ring (bicyclic) bond motifs is 2. The maximum absolute atomic E-state index is 12.3. The summed E-state index contributed by atoms with van der Waals surface area (Å²) in [6, 6.07) is 14.9. The maximum Gasteiger partial charge on any atom is 0.337 e. The molecular formula is C34H22I2N6O12S2. The SMILES string of the molecule is Nc1c(/N=N/c2ccc(-c3ccc(/N=N/c4cc(S(=O)(=O)O)c5ccc(I)c(O)c5c4N)c(C(=O)O)c3)cc2C(=O)O)cc(S(=O)(=O)O)c2ccc(I)c(O)c12. The fraction of sp³-hybridized carbons (Fsp3) is 0. The maximum atomic E-state index is 12.3. The number of phenolic OH excluding ortho intramolecular Hbond substituents is 2. The van der Waals surface area contributed by atoms with Crippen LogP contribution in [-0.2, 0) is 20.2 Å². The summed E-state index contributed by atoms with van der Waals surface area (Å²) in [5, 5.41) is 56.7. The van der Waals surface area contributed by atoms with Gasteiger partial charge in [-0.3, -0.25) is 9.11 Å². The van der Waals surface area contributed by atoms with E-state index in [9.17, 15) is 56.0 Å². The summed E-state index contributed by atoms with van der Waals surface area (Å²) in [7, 11) is -9.71. The number of azo groups is 2. The zero-order valence-electron chi connectivity index (χ0n) is 27.6. The summed E-state index contributed by atoms with van der Waals surface area (Å²) in [5.74, 6) is -3.71. The summed E-state index contributed by atoms with van der Waals surface area (Å²) >= 11 is 3.58. The van der Waals surface area contributed by atoms with Crippen LogP contribution in [-0.4, -0.2) is 58.3 Å². The van der Waals surface area contributed by atoms with E-state index in [0.29, 0.717) is 7.14 Å². The Bertz CT molecular complexity index is 2810. The fourth-order valence-electron chi connectivity index (χ4n) is 5.66. The molecule has 0 amide bonds. The number of nitrogens with zero attached hydrogens (tertiary/aromatic N) is 4. The second-order valence-electron chi connectivity index (χ2n) is 11.7. The Morgan fingerprint density at radius 2 is 0.875 bits per heavy atom. The average Bonchev–Trinajstić information content (AvgIpc) is 3.12. The second-order valence-corrected chi connectivity index (χ2v) is 16.8. The van der Waals surface area contributed by atoms with Gasteiger partial charge in [-0.25, -0.2) is 9.59 Å². The monoisotopic (exact) mass is 1020 g/mol. The van der Waals surface area contributed by atoms with Crippen molar-refractivity contribution in [3.63, 3.8) is 0 Å². The predicted molar refractivity (Wildman–Crippen MR) is 219 cm³/mol. The van der Waals surface area contributed by atoms with Crippen molar-refractivity contribution in [1.29, 1.82) is 0 Å². The van der Waals surface area contributed by atoms with Gasteiger partial charge in [0.25, 0.3) is 20.2 Å². The minimum atomic E-state index is -4.86. The summed E-state index contributed by atoms with van der Waals surface area (Å²) < 4.78 is 69.1. The first-order chi connectivity index (χ1) is 26.2. The number of aromatic hydroxyl groups is 2. The molecule has 0 aliphatic rings. The van der Waals surface area contributed by atoms with Gasteiger partial charge in [-0.2, -0.15) is 16.8 Å². The van der Waals surface area contributed by atoms with Crippen LogP contribution in [0.5, 0.6) is 11.5 Å². The molecule has 56 heavy (non-hydrogen) atoms.